The molecule has 0 spiro atoms. The fourth-order valence-corrected chi connectivity index (χ4v) is 1.47. The van der Waals surface area contributed by atoms with Gasteiger partial charge < -0.3 is 29.9 Å². The van der Waals surface area contributed by atoms with E-state index in [9.17, 15) is 19.2 Å². The van der Waals surface area contributed by atoms with Crippen molar-refractivity contribution in [2.75, 3.05) is 13.2 Å². The van der Waals surface area contributed by atoms with Crippen LogP contribution in [0.15, 0.2) is 59.4 Å². The van der Waals surface area contributed by atoms with Gasteiger partial charge in [0.15, 0.2) is 11.5 Å². The van der Waals surface area contributed by atoms with Crippen LogP contribution in [0.5, 0.6) is 11.5 Å². The lowest BCUT2D eigenvalue weighted by Gasteiger charge is -2.13. The lowest BCUT2D eigenvalue weighted by atomic mass is 10.4. The summed E-state index contributed by atoms with van der Waals surface area (Å²) in [7, 11) is 0. The van der Waals surface area contributed by atoms with Gasteiger partial charge in [-0.3, -0.25) is 0 Å². The zero-order chi connectivity index (χ0) is 26.7. The number of carboxylic acids is 4. The third kappa shape index (κ3) is 22.6. The van der Waals surface area contributed by atoms with E-state index in [1.54, 1.807) is 11.3 Å². The van der Waals surface area contributed by atoms with Gasteiger partial charge in [0.25, 0.3) is 0 Å². The van der Waals surface area contributed by atoms with Gasteiger partial charge in [0.1, 0.15) is 13.2 Å². The van der Waals surface area contributed by atoms with Gasteiger partial charge in [-0.2, -0.15) is 0 Å². The maximum Gasteiger partial charge on any atom is 0.330 e. The van der Waals surface area contributed by atoms with Gasteiger partial charge in [0.2, 0.25) is 0 Å². The highest BCUT2D eigenvalue weighted by Gasteiger charge is 2.10. The van der Waals surface area contributed by atoms with Crippen molar-refractivity contribution >= 4 is 35.2 Å². The first-order valence-corrected chi connectivity index (χ1v) is 9.85. The van der Waals surface area contributed by atoms with Gasteiger partial charge >= 0.3 is 23.9 Å². The highest BCUT2D eigenvalue weighted by atomic mass is 32.1. The van der Waals surface area contributed by atoms with Gasteiger partial charge in [0.05, 0.1) is 0 Å². The SMILES string of the molecule is C=C(C)C(=O)O.C=C(C)C(=O)O.C=C(C)C(=O)O.C=C(C)C(=O)O.c1scc2c1OCCO2. The summed E-state index contributed by atoms with van der Waals surface area (Å²) in [6, 6.07) is 0. The molecule has 1 aromatic rings. The standard InChI is InChI=1S/C6H6O2S.4C4H6O2/c1-2-8-6-4-9-3-5(6)7-1;4*1-3(2)4(5)6/h3-4H,1-2H2;4*1H2,2H3,(H,5,6). The molecular formula is C22H30O10S. The Labute approximate surface area is 196 Å². The van der Waals surface area contributed by atoms with Crippen molar-refractivity contribution in [3.05, 3.63) is 59.4 Å². The summed E-state index contributed by atoms with van der Waals surface area (Å²) in [5.74, 6) is -1.95. The summed E-state index contributed by atoms with van der Waals surface area (Å²) in [6.07, 6.45) is 0. The van der Waals surface area contributed by atoms with Gasteiger partial charge in [-0.05, 0) is 27.7 Å². The van der Waals surface area contributed by atoms with E-state index in [0.717, 1.165) is 11.5 Å². The van der Waals surface area contributed by atoms with Gasteiger partial charge in [-0.15, -0.1) is 11.3 Å². The van der Waals surface area contributed by atoms with Crippen LogP contribution >= 0.6 is 11.3 Å². The van der Waals surface area contributed by atoms with Gasteiger partial charge in [-0.25, -0.2) is 19.2 Å². The monoisotopic (exact) mass is 486 g/mol. The number of hydrogen-bond acceptors (Lipinski definition) is 7. The predicted molar refractivity (Wildman–Crippen MR) is 125 cm³/mol. The average Bonchev–Trinajstić information content (AvgIpc) is 3.18. The minimum absolute atomic E-state index is 0.176. The molecule has 2 heterocycles. The van der Waals surface area contributed by atoms with Crippen LogP contribution < -0.4 is 9.47 Å². The highest BCUT2D eigenvalue weighted by Crippen LogP contribution is 2.33. The molecular weight excluding hydrogens is 456 g/mol. The smallest absolute Gasteiger partial charge is 0.330 e. The van der Waals surface area contributed by atoms with E-state index in [1.165, 1.54) is 27.7 Å². The summed E-state index contributed by atoms with van der Waals surface area (Å²) in [5, 5.41) is 35.5. The highest BCUT2D eigenvalue weighted by molar-refractivity contribution is 7.08. The maximum atomic E-state index is 9.60. The number of carbonyl (C=O) groups is 4. The molecule has 0 atom stereocenters. The Morgan fingerprint density at radius 1 is 0.636 bits per heavy atom. The molecule has 1 aliphatic rings. The Hall–Kier alpha value is -3.86. The predicted octanol–water partition coefficient (Wildman–Crippen LogP) is 4.11. The van der Waals surface area contributed by atoms with Crippen LogP contribution in [0, 0.1) is 0 Å². The van der Waals surface area contributed by atoms with Crippen LogP contribution in [0.4, 0.5) is 0 Å². The molecule has 0 unspecified atom stereocenters. The van der Waals surface area contributed by atoms with E-state index in [-0.39, 0.29) is 22.3 Å². The van der Waals surface area contributed by atoms with Crippen molar-refractivity contribution in [3.8, 4) is 11.5 Å². The van der Waals surface area contributed by atoms with Crippen molar-refractivity contribution in [2.45, 2.75) is 27.7 Å². The van der Waals surface area contributed by atoms with Gasteiger partial charge in [0, 0.05) is 33.1 Å². The number of thiophene rings is 1. The molecule has 0 aliphatic carbocycles. The molecule has 4 N–H and O–H groups in total. The maximum absolute atomic E-state index is 9.60. The fourth-order valence-electron chi connectivity index (χ4n) is 0.787. The van der Waals surface area contributed by atoms with E-state index >= 15 is 0 Å². The third-order valence-electron chi connectivity index (χ3n) is 2.65. The first kappa shape index (κ1) is 33.8. The van der Waals surface area contributed by atoms with E-state index in [4.69, 9.17) is 29.9 Å². The van der Waals surface area contributed by atoms with Crippen molar-refractivity contribution in [1.82, 2.24) is 0 Å². The number of fused-ring (bicyclic) bond motifs is 1. The molecule has 0 bridgehead atoms. The first-order chi connectivity index (χ1) is 15.0. The summed E-state index contributed by atoms with van der Waals surface area (Å²) in [6.45, 7) is 19.8. The Kier molecular flexibility index (Phi) is 19.3. The number of carboxylic acid groups (broad SMARTS) is 4. The molecule has 0 aromatic carbocycles. The van der Waals surface area contributed by atoms with Crippen molar-refractivity contribution < 1.29 is 49.1 Å². The van der Waals surface area contributed by atoms with E-state index in [0.29, 0.717) is 13.2 Å². The Bertz CT molecular complexity index is 700. The van der Waals surface area contributed by atoms with Crippen molar-refractivity contribution in [2.24, 2.45) is 0 Å². The topological polar surface area (TPSA) is 168 Å². The molecule has 1 aromatic heterocycles. The minimum atomic E-state index is -0.935. The Balaban J connectivity index is -0.000000347. The summed E-state index contributed by atoms with van der Waals surface area (Å²) < 4.78 is 10.5. The van der Waals surface area contributed by atoms with E-state index in [1.807, 2.05) is 10.8 Å². The number of hydrogen-bond donors (Lipinski definition) is 4. The van der Waals surface area contributed by atoms with Crippen molar-refractivity contribution in [3.63, 3.8) is 0 Å². The second kappa shape index (κ2) is 18.9. The summed E-state index contributed by atoms with van der Waals surface area (Å²) >= 11 is 1.61. The van der Waals surface area contributed by atoms with Gasteiger partial charge in [-0.1, -0.05) is 26.3 Å². The van der Waals surface area contributed by atoms with Crippen LogP contribution in [0.3, 0.4) is 0 Å². The normalized spacial score (nSPS) is 9.70. The molecule has 0 saturated carbocycles. The first-order valence-electron chi connectivity index (χ1n) is 8.91. The van der Waals surface area contributed by atoms with Crippen molar-refractivity contribution in [1.29, 1.82) is 0 Å². The lowest BCUT2D eigenvalue weighted by Crippen LogP contribution is -2.13. The second-order valence-corrected chi connectivity index (χ2v) is 6.88. The summed E-state index contributed by atoms with van der Waals surface area (Å²) in [4.78, 5) is 38.4. The molecule has 0 fully saturated rings. The molecule has 0 radical (unpaired) electrons. The summed E-state index contributed by atoms with van der Waals surface area (Å²) in [5.41, 5.74) is 0.704. The Morgan fingerprint density at radius 2 is 0.818 bits per heavy atom. The van der Waals surface area contributed by atoms with Crippen LogP contribution in [-0.2, 0) is 19.2 Å². The molecule has 184 valence electrons. The minimum Gasteiger partial charge on any atom is -0.485 e. The van der Waals surface area contributed by atoms with Crippen LogP contribution in [-0.4, -0.2) is 57.5 Å². The average molecular weight is 487 g/mol. The molecule has 0 amide bonds. The lowest BCUT2D eigenvalue weighted by molar-refractivity contribution is -0.133. The molecule has 2 rings (SSSR count). The van der Waals surface area contributed by atoms with E-state index in [2.05, 4.69) is 26.3 Å². The molecule has 0 saturated heterocycles. The zero-order valence-electron chi connectivity index (χ0n) is 19.0. The zero-order valence-corrected chi connectivity index (χ0v) is 19.9. The van der Waals surface area contributed by atoms with Crippen LogP contribution in [0.25, 0.3) is 0 Å². The molecule has 11 heteroatoms. The number of rotatable bonds is 4. The van der Waals surface area contributed by atoms with E-state index < -0.39 is 23.9 Å². The van der Waals surface area contributed by atoms with Crippen LogP contribution in [0.2, 0.25) is 0 Å². The van der Waals surface area contributed by atoms with Crippen LogP contribution in [0.1, 0.15) is 27.7 Å². The number of ether oxygens (including phenoxy) is 2. The fraction of sp³-hybridized carbons (Fsp3) is 0.273. The molecule has 10 nitrogen and oxygen atoms in total. The quantitative estimate of drug-likeness (QED) is 0.455. The molecule has 1 aliphatic heterocycles. The molecule has 33 heavy (non-hydrogen) atoms. The largest absolute Gasteiger partial charge is 0.485 e. The third-order valence-corrected chi connectivity index (χ3v) is 3.35. The number of aliphatic carboxylic acids is 4. The second-order valence-electron chi connectivity index (χ2n) is 6.14. The Morgan fingerprint density at radius 3 is 0.970 bits per heavy atom.